The van der Waals surface area contributed by atoms with Crippen molar-refractivity contribution in [1.82, 2.24) is 10.6 Å². The lowest BCUT2D eigenvalue weighted by molar-refractivity contribution is 0.0973. The van der Waals surface area contributed by atoms with Gasteiger partial charge in [-0.05, 0) is 48.1 Å². The smallest absolute Gasteiger partial charge is 0.261 e. The maximum Gasteiger partial charge on any atom is 0.261 e. The standard InChI is InChI=1S/C17H17BrN2O3S/c1-22-13-6-3-11(4-7-13)10-19-17(24)20-16(21)14-9-12(18)5-8-15(14)23-2/h3-9H,10H2,1-2H3,(H2,19,20,21,24). The van der Waals surface area contributed by atoms with Gasteiger partial charge in [-0.3, -0.25) is 10.1 Å². The molecule has 0 heterocycles. The quantitative estimate of drug-likeness (QED) is 0.743. The van der Waals surface area contributed by atoms with Gasteiger partial charge in [0.05, 0.1) is 19.8 Å². The van der Waals surface area contributed by atoms with Crippen molar-refractivity contribution in [3.8, 4) is 11.5 Å². The first-order chi connectivity index (χ1) is 11.5. The van der Waals surface area contributed by atoms with E-state index in [1.807, 2.05) is 24.3 Å². The number of hydrogen-bond donors (Lipinski definition) is 2. The van der Waals surface area contributed by atoms with E-state index in [1.54, 1.807) is 25.3 Å². The fourth-order valence-electron chi connectivity index (χ4n) is 2.00. The highest BCUT2D eigenvalue weighted by Crippen LogP contribution is 2.22. The van der Waals surface area contributed by atoms with Gasteiger partial charge in [0.25, 0.3) is 5.91 Å². The van der Waals surface area contributed by atoms with Gasteiger partial charge >= 0.3 is 0 Å². The molecule has 5 nitrogen and oxygen atoms in total. The highest BCUT2D eigenvalue weighted by molar-refractivity contribution is 9.10. The topological polar surface area (TPSA) is 59.6 Å². The van der Waals surface area contributed by atoms with Crippen LogP contribution in [0.1, 0.15) is 15.9 Å². The molecule has 0 aliphatic carbocycles. The van der Waals surface area contributed by atoms with Crippen molar-refractivity contribution in [2.24, 2.45) is 0 Å². The van der Waals surface area contributed by atoms with Crippen LogP contribution in [0.15, 0.2) is 46.9 Å². The van der Waals surface area contributed by atoms with Crippen molar-refractivity contribution < 1.29 is 14.3 Å². The van der Waals surface area contributed by atoms with Gasteiger partial charge in [0.1, 0.15) is 11.5 Å². The molecule has 0 bridgehead atoms. The van der Waals surface area contributed by atoms with E-state index in [9.17, 15) is 4.79 Å². The summed E-state index contributed by atoms with van der Waals surface area (Å²) < 4.78 is 11.1. The van der Waals surface area contributed by atoms with Crippen LogP contribution in [0.3, 0.4) is 0 Å². The summed E-state index contributed by atoms with van der Waals surface area (Å²) >= 11 is 8.51. The Kier molecular flexibility index (Phi) is 6.57. The van der Waals surface area contributed by atoms with Gasteiger partial charge < -0.3 is 14.8 Å². The van der Waals surface area contributed by atoms with Crippen LogP contribution in [0.25, 0.3) is 0 Å². The predicted molar refractivity (Wildman–Crippen MR) is 101 cm³/mol. The number of ether oxygens (including phenoxy) is 2. The number of amides is 1. The van der Waals surface area contributed by atoms with E-state index in [0.29, 0.717) is 17.9 Å². The summed E-state index contributed by atoms with van der Waals surface area (Å²) in [5.41, 5.74) is 1.42. The fourth-order valence-corrected chi connectivity index (χ4v) is 2.52. The molecular formula is C17H17BrN2O3S. The Bertz CT molecular complexity index is 735. The Hall–Kier alpha value is -2.12. The number of carbonyl (C=O) groups excluding carboxylic acids is 1. The SMILES string of the molecule is COc1ccc(CNC(=S)NC(=O)c2cc(Br)ccc2OC)cc1. The summed E-state index contributed by atoms with van der Waals surface area (Å²) in [6.07, 6.45) is 0. The van der Waals surface area contributed by atoms with Crippen molar-refractivity contribution in [2.45, 2.75) is 6.54 Å². The molecule has 0 radical (unpaired) electrons. The maximum absolute atomic E-state index is 12.3. The summed E-state index contributed by atoms with van der Waals surface area (Å²) in [5.74, 6) is 0.936. The first kappa shape index (κ1) is 18.2. The van der Waals surface area contributed by atoms with Crippen LogP contribution >= 0.6 is 28.1 Å². The number of methoxy groups -OCH3 is 2. The second kappa shape index (κ2) is 8.65. The van der Waals surface area contributed by atoms with Gasteiger partial charge in [0, 0.05) is 11.0 Å². The minimum absolute atomic E-state index is 0.248. The molecular weight excluding hydrogens is 392 g/mol. The van der Waals surface area contributed by atoms with Crippen LogP contribution in [-0.2, 0) is 6.54 Å². The lowest BCUT2D eigenvalue weighted by atomic mass is 10.2. The van der Waals surface area contributed by atoms with Crippen molar-refractivity contribution in [1.29, 1.82) is 0 Å². The molecule has 0 aromatic heterocycles. The summed E-state index contributed by atoms with van der Waals surface area (Å²) in [6.45, 7) is 0.499. The summed E-state index contributed by atoms with van der Waals surface area (Å²) in [6, 6.07) is 12.8. The zero-order chi connectivity index (χ0) is 17.5. The number of benzene rings is 2. The Balaban J connectivity index is 1.94. The molecule has 0 atom stereocenters. The van der Waals surface area contributed by atoms with Crippen LogP contribution in [0.5, 0.6) is 11.5 Å². The van der Waals surface area contributed by atoms with Crippen molar-refractivity contribution >= 4 is 39.2 Å². The molecule has 7 heteroatoms. The van der Waals surface area contributed by atoms with Gasteiger partial charge in [-0.25, -0.2) is 0 Å². The largest absolute Gasteiger partial charge is 0.497 e. The zero-order valence-corrected chi connectivity index (χ0v) is 15.7. The summed E-state index contributed by atoms with van der Waals surface area (Å²) in [7, 11) is 3.13. The Morgan fingerprint density at radius 3 is 2.46 bits per heavy atom. The first-order valence-electron chi connectivity index (χ1n) is 7.09. The van der Waals surface area contributed by atoms with Gasteiger partial charge in [-0.2, -0.15) is 0 Å². The van der Waals surface area contributed by atoms with Crippen LogP contribution in [0, 0.1) is 0 Å². The number of nitrogens with one attached hydrogen (secondary N) is 2. The molecule has 2 N–H and O–H groups in total. The molecule has 126 valence electrons. The summed E-state index contributed by atoms with van der Waals surface area (Å²) in [4.78, 5) is 12.3. The van der Waals surface area contributed by atoms with Gasteiger partial charge in [-0.1, -0.05) is 28.1 Å². The van der Waals surface area contributed by atoms with E-state index in [1.165, 1.54) is 7.11 Å². The minimum Gasteiger partial charge on any atom is -0.497 e. The fraction of sp³-hybridized carbons (Fsp3) is 0.176. The number of rotatable bonds is 5. The third-order valence-corrected chi connectivity index (χ3v) is 3.98. The highest BCUT2D eigenvalue weighted by Gasteiger charge is 2.14. The Morgan fingerprint density at radius 2 is 1.83 bits per heavy atom. The second-order valence-corrected chi connectivity index (χ2v) is 6.15. The number of carbonyl (C=O) groups is 1. The summed E-state index contributed by atoms with van der Waals surface area (Å²) in [5, 5.41) is 5.89. The molecule has 2 rings (SSSR count). The normalized spacial score (nSPS) is 9.96. The zero-order valence-electron chi connectivity index (χ0n) is 13.3. The Morgan fingerprint density at radius 1 is 1.12 bits per heavy atom. The number of hydrogen-bond acceptors (Lipinski definition) is 4. The van der Waals surface area contributed by atoms with Crippen LogP contribution in [-0.4, -0.2) is 25.2 Å². The van der Waals surface area contributed by atoms with Crippen molar-refractivity contribution in [3.05, 3.63) is 58.1 Å². The minimum atomic E-state index is -0.333. The molecule has 0 aliphatic rings. The van der Waals surface area contributed by atoms with E-state index < -0.39 is 0 Å². The molecule has 0 saturated heterocycles. The number of thiocarbonyl (C=S) groups is 1. The molecule has 0 aliphatic heterocycles. The second-order valence-electron chi connectivity index (χ2n) is 4.83. The molecule has 2 aromatic carbocycles. The van der Waals surface area contributed by atoms with Crippen LogP contribution in [0.4, 0.5) is 0 Å². The third-order valence-electron chi connectivity index (χ3n) is 3.25. The van der Waals surface area contributed by atoms with Crippen LogP contribution in [0.2, 0.25) is 0 Å². The monoisotopic (exact) mass is 408 g/mol. The van der Waals surface area contributed by atoms with E-state index in [4.69, 9.17) is 21.7 Å². The van der Waals surface area contributed by atoms with Gasteiger partial charge in [0.15, 0.2) is 5.11 Å². The molecule has 0 fully saturated rings. The molecule has 1 amide bonds. The van der Waals surface area contributed by atoms with E-state index in [2.05, 4.69) is 26.6 Å². The highest BCUT2D eigenvalue weighted by atomic mass is 79.9. The predicted octanol–water partition coefficient (Wildman–Crippen LogP) is 3.27. The molecule has 0 saturated carbocycles. The third kappa shape index (κ3) is 4.94. The average molecular weight is 409 g/mol. The van der Waals surface area contributed by atoms with E-state index in [0.717, 1.165) is 15.8 Å². The molecule has 0 unspecified atom stereocenters. The van der Waals surface area contributed by atoms with Crippen molar-refractivity contribution in [2.75, 3.05) is 14.2 Å². The number of halogens is 1. The molecule has 2 aromatic rings. The van der Waals surface area contributed by atoms with E-state index >= 15 is 0 Å². The van der Waals surface area contributed by atoms with E-state index in [-0.39, 0.29) is 11.0 Å². The lowest BCUT2D eigenvalue weighted by Gasteiger charge is -2.12. The lowest BCUT2D eigenvalue weighted by Crippen LogP contribution is -2.39. The van der Waals surface area contributed by atoms with Crippen LogP contribution < -0.4 is 20.1 Å². The Labute approximate surface area is 154 Å². The molecule has 24 heavy (non-hydrogen) atoms. The first-order valence-corrected chi connectivity index (χ1v) is 8.29. The molecule has 0 spiro atoms. The maximum atomic E-state index is 12.3. The van der Waals surface area contributed by atoms with Gasteiger partial charge in [-0.15, -0.1) is 0 Å². The van der Waals surface area contributed by atoms with Gasteiger partial charge in [0.2, 0.25) is 0 Å². The van der Waals surface area contributed by atoms with Crippen molar-refractivity contribution in [3.63, 3.8) is 0 Å². The average Bonchev–Trinajstić information content (AvgIpc) is 2.60.